The van der Waals surface area contributed by atoms with E-state index in [2.05, 4.69) is 41.8 Å². The van der Waals surface area contributed by atoms with Gasteiger partial charge in [0.25, 0.3) is 5.91 Å². The minimum absolute atomic E-state index is 0.0628. The molecule has 0 saturated heterocycles. The molecule has 2 rings (SSSR count). The number of hydrogen-bond donors (Lipinski definition) is 2. The predicted molar refractivity (Wildman–Crippen MR) is 121 cm³/mol. The fourth-order valence-electron chi connectivity index (χ4n) is 2.64. The maximum atomic E-state index is 13.8. The Bertz CT molecular complexity index is 783. The van der Waals surface area contributed by atoms with Crippen molar-refractivity contribution in [2.45, 2.75) is 32.2 Å². The van der Waals surface area contributed by atoms with E-state index in [4.69, 9.17) is 11.6 Å². The Morgan fingerprint density at radius 2 is 1.93 bits per heavy atom. The summed E-state index contributed by atoms with van der Waals surface area (Å²) in [7, 11) is 3.91. The number of fused-ring (bicyclic) bond motifs is 1. The molecular weight excluding hydrogens is 413 g/mol. The van der Waals surface area contributed by atoms with Gasteiger partial charge in [-0.3, -0.25) is 4.79 Å². The van der Waals surface area contributed by atoms with Gasteiger partial charge in [0, 0.05) is 25.8 Å². The quantitative estimate of drug-likeness (QED) is 0.517. The number of thioether (sulfide) groups is 1. The van der Waals surface area contributed by atoms with Crippen molar-refractivity contribution in [2.24, 2.45) is 0 Å². The molecule has 8 heteroatoms. The molecular formula is C21H29ClFN3O2S. The maximum Gasteiger partial charge on any atom is 0.258 e. The van der Waals surface area contributed by atoms with E-state index in [-0.39, 0.29) is 15.1 Å². The van der Waals surface area contributed by atoms with Crippen LogP contribution >= 0.6 is 23.4 Å². The molecule has 0 aromatic heterocycles. The molecule has 1 aliphatic heterocycles. The monoisotopic (exact) mass is 441 g/mol. The molecule has 1 heterocycles. The predicted octanol–water partition coefficient (Wildman–Crippen LogP) is 3.93. The van der Waals surface area contributed by atoms with Gasteiger partial charge in [0.1, 0.15) is 12.1 Å². The first-order chi connectivity index (χ1) is 13.5. The Kier molecular flexibility index (Phi) is 9.89. The van der Waals surface area contributed by atoms with Crippen molar-refractivity contribution >= 4 is 41.2 Å². The van der Waals surface area contributed by atoms with Crippen molar-refractivity contribution in [3.63, 3.8) is 0 Å². The van der Waals surface area contributed by atoms with Crippen LogP contribution in [0.25, 0.3) is 0 Å². The number of carbonyl (C=O) groups is 2. The lowest BCUT2D eigenvalue weighted by Gasteiger charge is -2.19. The van der Waals surface area contributed by atoms with Gasteiger partial charge in [0.15, 0.2) is 0 Å². The lowest BCUT2D eigenvalue weighted by Crippen LogP contribution is -2.44. The van der Waals surface area contributed by atoms with E-state index in [9.17, 15) is 14.0 Å². The molecule has 0 fully saturated rings. The van der Waals surface area contributed by atoms with Gasteiger partial charge in [0.05, 0.1) is 14.8 Å². The summed E-state index contributed by atoms with van der Waals surface area (Å²) in [6, 6.07) is 3.65. The van der Waals surface area contributed by atoms with Gasteiger partial charge in [-0.15, -0.1) is 0 Å². The number of likely N-dealkylation sites (N-methyl/N-ethyl adjacent to an activating group) is 1. The first kappa shape index (κ1) is 25.2. The molecule has 1 aliphatic rings. The van der Waals surface area contributed by atoms with Crippen LogP contribution in [0.3, 0.4) is 0 Å². The molecule has 160 valence electrons. The Balaban J connectivity index is 0.000000291. The number of nitrogens with zero attached hydrogens (tertiary/aromatic N) is 1. The molecule has 29 heavy (non-hydrogen) atoms. The molecule has 2 N–H and O–H groups in total. The van der Waals surface area contributed by atoms with Crippen molar-refractivity contribution in [3.05, 3.63) is 51.5 Å². The largest absolute Gasteiger partial charge is 0.388 e. The normalized spacial score (nSPS) is 13.9. The smallest absolute Gasteiger partial charge is 0.258 e. The zero-order valence-electron chi connectivity index (χ0n) is 17.4. The van der Waals surface area contributed by atoms with Crippen LogP contribution in [0.1, 0.15) is 25.0 Å². The second-order valence-electron chi connectivity index (χ2n) is 7.32. The minimum Gasteiger partial charge on any atom is -0.388 e. The Morgan fingerprint density at radius 3 is 2.48 bits per heavy atom. The first-order valence-electron chi connectivity index (χ1n) is 9.16. The number of anilines is 1. The average Bonchev–Trinajstić information content (AvgIpc) is 2.83. The minimum atomic E-state index is -0.895. The standard InChI is InChI=1S/C12H17FN2.C9H12ClNO2S/c1-14-10-7-9-3-5-15(2)6-4-11(9)12(13)8-10;1-6(14-7(2)10)8(13)11-9(3,4)5-12/h7-8,14H,3-6H2,1-2H3;5H,1-2H2,3-4H3,(H,11,13). The van der Waals surface area contributed by atoms with E-state index in [1.54, 1.807) is 19.9 Å². The third-order valence-electron chi connectivity index (χ3n) is 4.30. The molecule has 0 radical (unpaired) electrons. The summed E-state index contributed by atoms with van der Waals surface area (Å²) in [5.41, 5.74) is 2.03. The summed E-state index contributed by atoms with van der Waals surface area (Å²) in [4.78, 5) is 24.3. The third-order valence-corrected chi connectivity index (χ3v) is 5.19. The Morgan fingerprint density at radius 1 is 1.31 bits per heavy atom. The lowest BCUT2D eigenvalue weighted by molar-refractivity contribution is -0.122. The van der Waals surface area contributed by atoms with Gasteiger partial charge in [0.2, 0.25) is 0 Å². The molecule has 0 bridgehead atoms. The number of halogens is 2. The highest BCUT2D eigenvalue weighted by Gasteiger charge is 2.21. The summed E-state index contributed by atoms with van der Waals surface area (Å²) in [5, 5.41) is 5.48. The van der Waals surface area contributed by atoms with Crippen LogP contribution < -0.4 is 10.6 Å². The molecule has 0 atom stereocenters. The molecule has 5 nitrogen and oxygen atoms in total. The van der Waals surface area contributed by atoms with E-state index >= 15 is 0 Å². The molecule has 0 spiro atoms. The Hall–Kier alpha value is -1.83. The fraction of sp³-hybridized carbons (Fsp3) is 0.429. The number of hydrogen-bond acceptors (Lipinski definition) is 5. The molecule has 0 unspecified atom stereocenters. The molecule has 1 amide bonds. The van der Waals surface area contributed by atoms with Crippen LogP contribution in [-0.4, -0.2) is 49.8 Å². The second kappa shape index (κ2) is 11.4. The molecule has 0 aliphatic carbocycles. The number of amides is 1. The van der Waals surface area contributed by atoms with Gasteiger partial charge in [-0.2, -0.15) is 0 Å². The molecule has 1 aromatic rings. The maximum absolute atomic E-state index is 13.8. The zero-order chi connectivity index (χ0) is 22.2. The number of nitrogens with one attached hydrogen (secondary N) is 2. The summed E-state index contributed by atoms with van der Waals surface area (Å²) in [6.07, 6.45) is 2.41. The number of rotatable bonds is 6. The van der Waals surface area contributed by atoms with Gasteiger partial charge in [-0.25, -0.2) is 4.39 Å². The summed E-state index contributed by atoms with van der Waals surface area (Å²) in [6.45, 7) is 12.1. The first-order valence-corrected chi connectivity index (χ1v) is 10.4. The van der Waals surface area contributed by atoms with Crippen molar-refractivity contribution < 1.29 is 14.0 Å². The molecule has 1 aromatic carbocycles. The van der Waals surface area contributed by atoms with E-state index in [0.717, 1.165) is 54.5 Å². The van der Waals surface area contributed by atoms with Crippen LogP contribution in [-0.2, 0) is 22.4 Å². The van der Waals surface area contributed by atoms with Gasteiger partial charge < -0.3 is 20.3 Å². The highest BCUT2D eigenvalue weighted by atomic mass is 35.5. The van der Waals surface area contributed by atoms with Crippen molar-refractivity contribution in [2.75, 3.05) is 32.5 Å². The lowest BCUT2D eigenvalue weighted by atomic mass is 10.0. The van der Waals surface area contributed by atoms with Crippen LogP contribution in [0.4, 0.5) is 10.1 Å². The van der Waals surface area contributed by atoms with Gasteiger partial charge >= 0.3 is 0 Å². The number of benzene rings is 1. The Labute approximate surface area is 181 Å². The highest BCUT2D eigenvalue weighted by Crippen LogP contribution is 2.25. The number of carbonyl (C=O) groups excluding carboxylic acids is 2. The zero-order valence-corrected chi connectivity index (χ0v) is 19.0. The van der Waals surface area contributed by atoms with Crippen molar-refractivity contribution in [1.29, 1.82) is 0 Å². The van der Waals surface area contributed by atoms with Crippen molar-refractivity contribution in [3.8, 4) is 0 Å². The highest BCUT2D eigenvalue weighted by molar-refractivity contribution is 8.08. The second-order valence-corrected chi connectivity index (χ2v) is 9.19. The van der Waals surface area contributed by atoms with Gasteiger partial charge in [-0.05, 0) is 57.0 Å². The van der Waals surface area contributed by atoms with Crippen molar-refractivity contribution in [1.82, 2.24) is 10.2 Å². The van der Waals surface area contributed by atoms with Crippen LogP contribution in [0, 0.1) is 5.82 Å². The van der Waals surface area contributed by atoms with Crippen LogP contribution in [0.2, 0.25) is 0 Å². The SMILES string of the molecule is C=C(Cl)SC(=C)C(=O)NC(C)(C)C=O.CNc1cc(F)c2c(c1)CCN(C)CC2. The van der Waals surface area contributed by atoms with Crippen LogP contribution in [0.15, 0.2) is 34.6 Å². The van der Waals surface area contributed by atoms with Crippen LogP contribution in [0.5, 0.6) is 0 Å². The van der Waals surface area contributed by atoms with E-state index in [0.29, 0.717) is 6.29 Å². The van der Waals surface area contributed by atoms with E-state index < -0.39 is 11.4 Å². The number of aldehydes is 1. The summed E-state index contributed by atoms with van der Waals surface area (Å²) >= 11 is 6.44. The summed E-state index contributed by atoms with van der Waals surface area (Å²) < 4.78 is 14.0. The average molecular weight is 442 g/mol. The fourth-order valence-corrected chi connectivity index (χ4v) is 3.33. The summed E-state index contributed by atoms with van der Waals surface area (Å²) in [5.74, 6) is -0.485. The molecule has 0 saturated carbocycles. The third kappa shape index (κ3) is 8.60. The topological polar surface area (TPSA) is 61.4 Å². The van der Waals surface area contributed by atoms with E-state index in [1.807, 2.05) is 7.05 Å². The van der Waals surface area contributed by atoms with Gasteiger partial charge in [-0.1, -0.05) is 36.5 Å². The van der Waals surface area contributed by atoms with E-state index in [1.165, 1.54) is 0 Å².